The lowest BCUT2D eigenvalue weighted by Crippen LogP contribution is -2.14. The maximum absolute atomic E-state index is 6.30. The van der Waals surface area contributed by atoms with Gasteiger partial charge in [0.2, 0.25) is 0 Å². The first kappa shape index (κ1) is 14.4. The second-order valence-corrected chi connectivity index (χ2v) is 5.89. The molecular formula is C16H15Cl2N3. The first-order valence-corrected chi connectivity index (χ1v) is 7.43. The molecule has 3 aromatic rings. The van der Waals surface area contributed by atoms with Crippen LogP contribution in [-0.4, -0.2) is 9.78 Å². The molecule has 0 aliphatic carbocycles. The van der Waals surface area contributed by atoms with Gasteiger partial charge in [0.1, 0.15) is 0 Å². The van der Waals surface area contributed by atoms with Crippen molar-refractivity contribution in [1.29, 1.82) is 0 Å². The van der Waals surface area contributed by atoms with Crippen LogP contribution in [0.2, 0.25) is 10.0 Å². The molecule has 1 aromatic heterocycles. The lowest BCUT2D eigenvalue weighted by Gasteiger charge is -2.11. The zero-order valence-corrected chi connectivity index (χ0v) is 13.1. The predicted molar refractivity (Wildman–Crippen MR) is 87.8 cm³/mol. The van der Waals surface area contributed by atoms with Crippen LogP contribution in [0.1, 0.15) is 17.3 Å². The summed E-state index contributed by atoms with van der Waals surface area (Å²) in [6, 6.07) is 13.5. The van der Waals surface area contributed by atoms with E-state index in [1.54, 1.807) is 6.07 Å². The molecule has 0 radical (unpaired) electrons. The number of nitrogens with two attached hydrogens (primary N) is 1. The van der Waals surface area contributed by atoms with E-state index in [9.17, 15) is 0 Å². The Labute approximate surface area is 133 Å². The summed E-state index contributed by atoms with van der Waals surface area (Å²) in [5.74, 6) is 0. The average molecular weight is 320 g/mol. The van der Waals surface area contributed by atoms with Crippen molar-refractivity contribution in [2.75, 3.05) is 0 Å². The summed E-state index contributed by atoms with van der Waals surface area (Å²) < 4.78 is 1.88. The zero-order chi connectivity index (χ0) is 15.0. The van der Waals surface area contributed by atoms with E-state index in [0.29, 0.717) is 16.5 Å². The van der Waals surface area contributed by atoms with E-state index in [4.69, 9.17) is 28.9 Å². The van der Waals surface area contributed by atoms with Crippen LogP contribution in [-0.2, 0) is 13.5 Å². The first-order valence-electron chi connectivity index (χ1n) is 6.67. The molecule has 0 saturated heterocycles. The topological polar surface area (TPSA) is 43.8 Å². The van der Waals surface area contributed by atoms with Crippen molar-refractivity contribution in [2.24, 2.45) is 12.8 Å². The van der Waals surface area contributed by atoms with Crippen molar-refractivity contribution in [3.63, 3.8) is 0 Å². The molecule has 0 saturated carbocycles. The van der Waals surface area contributed by atoms with Crippen LogP contribution in [0.25, 0.3) is 10.9 Å². The minimum Gasteiger partial charge on any atom is -0.324 e. The number of aryl methyl sites for hydroxylation is 1. The fraction of sp³-hybridized carbons (Fsp3) is 0.188. The molecule has 1 heterocycles. The lowest BCUT2D eigenvalue weighted by molar-refractivity contribution is 0.682. The van der Waals surface area contributed by atoms with Crippen molar-refractivity contribution >= 4 is 34.1 Å². The molecule has 0 spiro atoms. The summed E-state index contributed by atoms with van der Waals surface area (Å²) in [4.78, 5) is 0. The Morgan fingerprint density at radius 1 is 1.14 bits per heavy atom. The third kappa shape index (κ3) is 2.77. The molecule has 2 aromatic carbocycles. The molecule has 0 bridgehead atoms. The van der Waals surface area contributed by atoms with Gasteiger partial charge in [-0.1, -0.05) is 47.5 Å². The molecule has 3 nitrogen and oxygen atoms in total. The second kappa shape index (κ2) is 5.68. The van der Waals surface area contributed by atoms with E-state index in [1.807, 2.05) is 36.0 Å². The van der Waals surface area contributed by atoms with Gasteiger partial charge >= 0.3 is 0 Å². The van der Waals surface area contributed by atoms with Crippen LogP contribution in [0.5, 0.6) is 0 Å². The summed E-state index contributed by atoms with van der Waals surface area (Å²) in [6.07, 6.45) is 0.652. The Morgan fingerprint density at radius 2 is 1.90 bits per heavy atom. The Hall–Kier alpha value is -1.55. The van der Waals surface area contributed by atoms with E-state index in [0.717, 1.165) is 22.2 Å². The molecule has 1 atom stereocenters. The van der Waals surface area contributed by atoms with Gasteiger partial charge in [0.25, 0.3) is 0 Å². The number of halogens is 2. The van der Waals surface area contributed by atoms with Gasteiger partial charge in [-0.05, 0) is 23.8 Å². The predicted octanol–water partition coefficient (Wildman–Crippen LogP) is 4.12. The minimum atomic E-state index is -0.168. The zero-order valence-electron chi connectivity index (χ0n) is 11.6. The third-order valence-corrected chi connectivity index (χ3v) is 4.36. The second-order valence-electron chi connectivity index (χ2n) is 5.07. The van der Waals surface area contributed by atoms with Crippen molar-refractivity contribution in [2.45, 2.75) is 12.5 Å². The van der Waals surface area contributed by atoms with Crippen molar-refractivity contribution in [3.8, 4) is 0 Å². The number of fused-ring (bicyclic) bond motifs is 1. The maximum Gasteiger partial charge on any atom is 0.0722 e. The van der Waals surface area contributed by atoms with Crippen LogP contribution < -0.4 is 5.73 Å². The molecule has 0 aliphatic rings. The van der Waals surface area contributed by atoms with Crippen LogP contribution in [0, 0.1) is 0 Å². The SMILES string of the molecule is Cn1nc(CC(N)c2ccc(Cl)c(Cl)c2)c2ccccc21. The van der Waals surface area contributed by atoms with Crippen LogP contribution in [0.4, 0.5) is 0 Å². The van der Waals surface area contributed by atoms with Crippen molar-refractivity contribution in [1.82, 2.24) is 9.78 Å². The van der Waals surface area contributed by atoms with E-state index < -0.39 is 0 Å². The number of rotatable bonds is 3. The minimum absolute atomic E-state index is 0.168. The Bertz CT molecular complexity index is 795. The van der Waals surface area contributed by atoms with E-state index in [1.165, 1.54) is 0 Å². The number of para-hydroxylation sites is 1. The third-order valence-electron chi connectivity index (χ3n) is 3.62. The highest BCUT2D eigenvalue weighted by Crippen LogP contribution is 2.27. The van der Waals surface area contributed by atoms with Gasteiger partial charge in [-0.2, -0.15) is 5.10 Å². The van der Waals surface area contributed by atoms with Crippen LogP contribution >= 0.6 is 23.2 Å². The Balaban J connectivity index is 1.92. The van der Waals surface area contributed by atoms with Gasteiger partial charge in [-0.3, -0.25) is 4.68 Å². The number of hydrogen-bond acceptors (Lipinski definition) is 2. The molecule has 5 heteroatoms. The Kier molecular flexibility index (Phi) is 3.89. The fourth-order valence-corrected chi connectivity index (χ4v) is 2.82. The van der Waals surface area contributed by atoms with E-state index in [-0.39, 0.29) is 6.04 Å². The molecule has 2 N–H and O–H groups in total. The van der Waals surface area contributed by atoms with Gasteiger partial charge in [0.05, 0.1) is 21.3 Å². The van der Waals surface area contributed by atoms with Crippen LogP contribution in [0.15, 0.2) is 42.5 Å². The standard InChI is InChI=1S/C16H15Cl2N3/c1-21-16-5-3-2-4-11(16)15(20-21)9-14(19)10-6-7-12(17)13(18)8-10/h2-8,14H,9,19H2,1H3. The maximum atomic E-state index is 6.30. The summed E-state index contributed by atoms with van der Waals surface area (Å²) in [6.45, 7) is 0. The summed E-state index contributed by atoms with van der Waals surface area (Å²) in [7, 11) is 1.94. The highest BCUT2D eigenvalue weighted by molar-refractivity contribution is 6.42. The van der Waals surface area contributed by atoms with Gasteiger partial charge in [0.15, 0.2) is 0 Å². The largest absolute Gasteiger partial charge is 0.324 e. The molecule has 0 aliphatic heterocycles. The van der Waals surface area contributed by atoms with E-state index >= 15 is 0 Å². The molecule has 0 fully saturated rings. The highest BCUT2D eigenvalue weighted by Gasteiger charge is 2.14. The molecule has 21 heavy (non-hydrogen) atoms. The molecule has 0 amide bonds. The van der Waals surface area contributed by atoms with Crippen molar-refractivity contribution in [3.05, 3.63) is 63.8 Å². The fourth-order valence-electron chi connectivity index (χ4n) is 2.51. The first-order chi connectivity index (χ1) is 10.1. The van der Waals surface area contributed by atoms with E-state index in [2.05, 4.69) is 17.2 Å². The lowest BCUT2D eigenvalue weighted by atomic mass is 10.0. The number of aromatic nitrogens is 2. The summed E-state index contributed by atoms with van der Waals surface area (Å²) in [5, 5.41) is 6.77. The monoisotopic (exact) mass is 319 g/mol. The van der Waals surface area contributed by atoms with Gasteiger partial charge < -0.3 is 5.73 Å². The van der Waals surface area contributed by atoms with Crippen LogP contribution in [0.3, 0.4) is 0 Å². The van der Waals surface area contributed by atoms with Gasteiger partial charge in [0, 0.05) is 24.9 Å². The summed E-state index contributed by atoms with van der Waals surface area (Å²) >= 11 is 12.0. The number of hydrogen-bond donors (Lipinski definition) is 1. The molecule has 3 rings (SSSR count). The molecular weight excluding hydrogens is 305 g/mol. The van der Waals surface area contributed by atoms with Crippen molar-refractivity contribution < 1.29 is 0 Å². The number of benzene rings is 2. The van der Waals surface area contributed by atoms with Gasteiger partial charge in [-0.15, -0.1) is 0 Å². The number of nitrogens with zero attached hydrogens (tertiary/aromatic N) is 2. The van der Waals surface area contributed by atoms with Gasteiger partial charge in [-0.25, -0.2) is 0 Å². The highest BCUT2D eigenvalue weighted by atomic mass is 35.5. The smallest absolute Gasteiger partial charge is 0.0722 e. The molecule has 1 unspecified atom stereocenters. The normalized spacial score (nSPS) is 12.8. The average Bonchev–Trinajstić information content (AvgIpc) is 2.79. The molecule has 108 valence electrons. The quantitative estimate of drug-likeness (QED) is 0.789. The summed E-state index contributed by atoms with van der Waals surface area (Å²) in [5.41, 5.74) is 9.35. The Morgan fingerprint density at radius 3 is 2.67 bits per heavy atom.